The van der Waals surface area contributed by atoms with Gasteiger partial charge in [0.05, 0.1) is 18.2 Å². The lowest BCUT2D eigenvalue weighted by Crippen LogP contribution is -2.45. The predicted molar refractivity (Wildman–Crippen MR) is 141 cm³/mol. The third kappa shape index (κ3) is 4.54. The van der Waals surface area contributed by atoms with E-state index in [1.54, 1.807) is 4.90 Å². The summed E-state index contributed by atoms with van der Waals surface area (Å²) < 4.78 is 5.82. The number of nitrogens with zero attached hydrogens (tertiary/aromatic N) is 3. The van der Waals surface area contributed by atoms with Gasteiger partial charge in [0.2, 0.25) is 5.82 Å². The summed E-state index contributed by atoms with van der Waals surface area (Å²) in [7, 11) is 0. The second kappa shape index (κ2) is 9.82. The van der Waals surface area contributed by atoms with Gasteiger partial charge >= 0.3 is 6.03 Å². The van der Waals surface area contributed by atoms with E-state index in [1.807, 2.05) is 56.3 Å². The summed E-state index contributed by atoms with van der Waals surface area (Å²) in [5.41, 5.74) is 8.08. The Bertz CT molecular complexity index is 1420. The standard InChI is InChI=1S/C30H30N4O2/c1-5-22-12-16-23(17-13-22)27-26(29-32-28(33-36-29)24-14-10-19(2)11-15-24)21(4)34(30(35)31-27)18-25-9-7-6-8-20(25)3/h6-17,27H,5,18H2,1-4H3,(H,31,35). The summed E-state index contributed by atoms with van der Waals surface area (Å²) in [5.74, 6) is 0.926. The van der Waals surface area contributed by atoms with E-state index in [1.165, 1.54) is 11.1 Å². The number of hydrogen-bond donors (Lipinski definition) is 1. The van der Waals surface area contributed by atoms with Gasteiger partial charge in [0.25, 0.3) is 5.89 Å². The van der Waals surface area contributed by atoms with Gasteiger partial charge in [-0.15, -0.1) is 0 Å². The lowest BCUT2D eigenvalue weighted by Gasteiger charge is -2.35. The summed E-state index contributed by atoms with van der Waals surface area (Å²) in [6.07, 6.45) is 0.951. The van der Waals surface area contributed by atoms with Gasteiger partial charge in [0, 0.05) is 11.3 Å². The maximum atomic E-state index is 13.4. The largest absolute Gasteiger partial charge is 0.334 e. The number of aryl methyl sites for hydroxylation is 3. The molecule has 0 saturated carbocycles. The number of urea groups is 1. The fraction of sp³-hybridized carbons (Fsp3) is 0.233. The highest BCUT2D eigenvalue weighted by Crippen LogP contribution is 2.38. The van der Waals surface area contributed by atoms with Crippen LogP contribution in [0.4, 0.5) is 4.79 Å². The van der Waals surface area contributed by atoms with Crippen molar-refractivity contribution < 1.29 is 9.32 Å². The maximum absolute atomic E-state index is 13.4. The highest BCUT2D eigenvalue weighted by molar-refractivity contribution is 5.87. The van der Waals surface area contributed by atoms with Crippen molar-refractivity contribution in [1.29, 1.82) is 0 Å². The van der Waals surface area contributed by atoms with Crippen LogP contribution in [-0.2, 0) is 13.0 Å². The van der Waals surface area contributed by atoms with Crippen molar-refractivity contribution >= 4 is 11.6 Å². The Morgan fingerprint density at radius 1 is 0.944 bits per heavy atom. The number of nitrogens with one attached hydrogen (secondary N) is 1. The molecule has 36 heavy (non-hydrogen) atoms. The monoisotopic (exact) mass is 478 g/mol. The van der Waals surface area contributed by atoms with Crippen molar-refractivity contribution in [3.63, 3.8) is 0 Å². The Morgan fingerprint density at radius 3 is 2.36 bits per heavy atom. The fourth-order valence-corrected chi connectivity index (χ4v) is 4.56. The van der Waals surface area contributed by atoms with E-state index in [0.29, 0.717) is 18.3 Å². The molecule has 0 fully saturated rings. The minimum Gasteiger partial charge on any atom is -0.334 e. The van der Waals surface area contributed by atoms with Gasteiger partial charge in [-0.2, -0.15) is 4.98 Å². The topological polar surface area (TPSA) is 71.3 Å². The molecule has 1 aromatic heterocycles. The number of allylic oxidation sites excluding steroid dienone is 1. The second-order valence-corrected chi connectivity index (χ2v) is 9.28. The van der Waals surface area contributed by atoms with Crippen LogP contribution in [0.5, 0.6) is 0 Å². The molecule has 2 amide bonds. The van der Waals surface area contributed by atoms with Crippen LogP contribution in [0.3, 0.4) is 0 Å². The third-order valence-electron chi connectivity index (χ3n) is 6.87. The third-order valence-corrected chi connectivity index (χ3v) is 6.87. The van der Waals surface area contributed by atoms with E-state index in [2.05, 4.69) is 54.7 Å². The van der Waals surface area contributed by atoms with Crippen molar-refractivity contribution in [2.75, 3.05) is 0 Å². The molecule has 5 rings (SSSR count). The van der Waals surface area contributed by atoms with Crippen molar-refractivity contribution in [3.05, 3.63) is 112 Å². The van der Waals surface area contributed by atoms with Crippen molar-refractivity contribution in [3.8, 4) is 11.4 Å². The van der Waals surface area contributed by atoms with E-state index in [4.69, 9.17) is 9.51 Å². The van der Waals surface area contributed by atoms with Crippen LogP contribution in [0.1, 0.15) is 53.6 Å². The molecule has 1 atom stereocenters. The van der Waals surface area contributed by atoms with E-state index >= 15 is 0 Å². The maximum Gasteiger partial charge on any atom is 0.322 e. The molecule has 1 aliphatic rings. The molecule has 1 unspecified atom stereocenters. The number of carbonyl (C=O) groups excluding carboxylic acids is 1. The molecule has 0 radical (unpaired) electrons. The average Bonchev–Trinajstić information content (AvgIpc) is 3.37. The summed E-state index contributed by atoms with van der Waals surface area (Å²) in [6.45, 7) is 8.63. The van der Waals surface area contributed by atoms with E-state index in [0.717, 1.165) is 39.9 Å². The predicted octanol–water partition coefficient (Wildman–Crippen LogP) is 6.61. The molecule has 182 valence electrons. The smallest absolute Gasteiger partial charge is 0.322 e. The summed E-state index contributed by atoms with van der Waals surface area (Å²) in [4.78, 5) is 19.9. The molecule has 3 aromatic carbocycles. The number of benzene rings is 3. The molecule has 1 N–H and O–H groups in total. The first-order chi connectivity index (χ1) is 17.4. The molecular weight excluding hydrogens is 448 g/mol. The van der Waals surface area contributed by atoms with Gasteiger partial charge in [-0.1, -0.05) is 90.4 Å². The van der Waals surface area contributed by atoms with Crippen LogP contribution in [0.15, 0.2) is 83.0 Å². The van der Waals surface area contributed by atoms with Crippen LogP contribution in [-0.4, -0.2) is 21.1 Å². The van der Waals surface area contributed by atoms with E-state index in [9.17, 15) is 4.79 Å². The van der Waals surface area contributed by atoms with Gasteiger partial charge in [-0.3, -0.25) is 4.90 Å². The second-order valence-electron chi connectivity index (χ2n) is 9.28. The Kier molecular flexibility index (Phi) is 6.42. The van der Waals surface area contributed by atoms with Crippen LogP contribution in [0.25, 0.3) is 17.0 Å². The molecule has 0 spiro atoms. The van der Waals surface area contributed by atoms with Crippen LogP contribution in [0.2, 0.25) is 0 Å². The lowest BCUT2D eigenvalue weighted by molar-refractivity contribution is 0.203. The van der Waals surface area contributed by atoms with Gasteiger partial charge in [0.1, 0.15) is 0 Å². The Morgan fingerprint density at radius 2 is 1.67 bits per heavy atom. The lowest BCUT2D eigenvalue weighted by atomic mass is 9.93. The van der Waals surface area contributed by atoms with Crippen molar-refractivity contribution in [1.82, 2.24) is 20.4 Å². The molecule has 0 bridgehead atoms. The van der Waals surface area contributed by atoms with Crippen LogP contribution in [0, 0.1) is 13.8 Å². The van der Waals surface area contributed by atoms with Crippen molar-refractivity contribution in [2.24, 2.45) is 0 Å². The fourth-order valence-electron chi connectivity index (χ4n) is 4.56. The average molecular weight is 479 g/mol. The number of hydrogen-bond acceptors (Lipinski definition) is 4. The van der Waals surface area contributed by atoms with E-state index in [-0.39, 0.29) is 6.03 Å². The summed E-state index contributed by atoms with van der Waals surface area (Å²) in [6, 6.07) is 23.9. The first kappa shape index (κ1) is 23.5. The highest BCUT2D eigenvalue weighted by atomic mass is 16.5. The number of carbonyl (C=O) groups is 1. The number of amides is 2. The minimum atomic E-state index is -0.400. The Labute approximate surface area is 211 Å². The van der Waals surface area contributed by atoms with Gasteiger partial charge < -0.3 is 9.84 Å². The molecule has 0 saturated heterocycles. The number of rotatable bonds is 6. The zero-order valence-electron chi connectivity index (χ0n) is 21.1. The highest BCUT2D eigenvalue weighted by Gasteiger charge is 2.36. The van der Waals surface area contributed by atoms with Crippen molar-refractivity contribution in [2.45, 2.75) is 46.7 Å². The molecule has 1 aliphatic heterocycles. The van der Waals surface area contributed by atoms with Gasteiger partial charge in [-0.05, 0) is 49.4 Å². The summed E-state index contributed by atoms with van der Waals surface area (Å²) >= 11 is 0. The Hall–Kier alpha value is -4.19. The minimum absolute atomic E-state index is 0.151. The normalized spacial score (nSPS) is 15.8. The molecule has 0 aliphatic carbocycles. The van der Waals surface area contributed by atoms with Gasteiger partial charge in [-0.25, -0.2) is 4.79 Å². The SMILES string of the molecule is CCc1ccc(C2NC(=O)N(Cc3ccccc3C)C(C)=C2c2nc(-c3ccc(C)cc3)no2)cc1. The van der Waals surface area contributed by atoms with Crippen LogP contribution < -0.4 is 5.32 Å². The molecule has 4 aromatic rings. The molecular formula is C30H30N4O2. The molecule has 2 heterocycles. The Balaban J connectivity index is 1.59. The van der Waals surface area contributed by atoms with E-state index < -0.39 is 6.04 Å². The zero-order valence-corrected chi connectivity index (χ0v) is 21.1. The molecule has 6 heteroatoms. The molecule has 6 nitrogen and oxygen atoms in total. The first-order valence-corrected chi connectivity index (χ1v) is 12.3. The zero-order chi connectivity index (χ0) is 25.2. The first-order valence-electron chi connectivity index (χ1n) is 12.3. The summed E-state index contributed by atoms with van der Waals surface area (Å²) in [5, 5.41) is 7.47. The number of aromatic nitrogens is 2. The van der Waals surface area contributed by atoms with Gasteiger partial charge in [0.15, 0.2) is 0 Å². The van der Waals surface area contributed by atoms with Crippen LogP contribution >= 0.6 is 0 Å². The quantitative estimate of drug-likeness (QED) is 0.338.